The van der Waals surface area contributed by atoms with E-state index in [0.717, 1.165) is 9.87 Å². The topological polar surface area (TPSA) is 87.2 Å². The minimum absolute atomic E-state index is 0.113. The zero-order valence-corrected chi connectivity index (χ0v) is 12.1. The molecule has 0 radical (unpaired) electrons. The van der Waals surface area contributed by atoms with Gasteiger partial charge < -0.3 is 4.42 Å². The first kappa shape index (κ1) is 14.2. The van der Waals surface area contributed by atoms with E-state index in [-0.39, 0.29) is 11.6 Å². The molecule has 0 aliphatic rings. The van der Waals surface area contributed by atoms with Gasteiger partial charge in [-0.15, -0.1) is 0 Å². The van der Waals surface area contributed by atoms with Crippen LogP contribution in [0.2, 0.25) is 0 Å². The number of aromatic nitrogens is 1. The molecule has 0 fully saturated rings. The second kappa shape index (κ2) is 5.07. The van der Waals surface area contributed by atoms with Gasteiger partial charge in [-0.05, 0) is 19.1 Å². The van der Waals surface area contributed by atoms with Crippen LogP contribution in [-0.2, 0) is 10.0 Å². The number of oxazole rings is 1. The molecule has 0 atom stereocenters. The van der Waals surface area contributed by atoms with Gasteiger partial charge in [-0.25, -0.2) is 12.7 Å². The molecule has 0 aliphatic heterocycles. The highest BCUT2D eigenvalue weighted by molar-refractivity contribution is 7.89. The molecule has 0 N–H and O–H groups in total. The number of sulfonamides is 1. The van der Waals surface area contributed by atoms with E-state index in [9.17, 15) is 8.42 Å². The number of nitriles is 1. The van der Waals surface area contributed by atoms with Crippen LogP contribution in [0.4, 0.5) is 0 Å². The van der Waals surface area contributed by atoms with Crippen molar-refractivity contribution in [3.05, 3.63) is 35.5 Å². The van der Waals surface area contributed by atoms with E-state index in [2.05, 4.69) is 4.98 Å². The summed E-state index contributed by atoms with van der Waals surface area (Å²) in [6.07, 6.45) is 0. The number of benzene rings is 1. The molecule has 0 spiro atoms. The SMILES string of the molecule is Cc1ccc(-c2nc(C#N)c(S(=O)(=O)N(C)C)o2)cc1. The van der Waals surface area contributed by atoms with Gasteiger partial charge in [0.1, 0.15) is 6.07 Å². The lowest BCUT2D eigenvalue weighted by Gasteiger charge is -2.07. The van der Waals surface area contributed by atoms with Crippen LogP contribution < -0.4 is 0 Å². The van der Waals surface area contributed by atoms with Crippen LogP contribution >= 0.6 is 0 Å². The molecule has 7 heteroatoms. The fourth-order valence-corrected chi connectivity index (χ4v) is 2.39. The zero-order chi connectivity index (χ0) is 14.9. The van der Waals surface area contributed by atoms with Crippen molar-refractivity contribution < 1.29 is 12.8 Å². The van der Waals surface area contributed by atoms with Gasteiger partial charge in [0, 0.05) is 19.7 Å². The monoisotopic (exact) mass is 291 g/mol. The van der Waals surface area contributed by atoms with Crippen molar-refractivity contribution in [1.29, 1.82) is 5.26 Å². The van der Waals surface area contributed by atoms with E-state index >= 15 is 0 Å². The Morgan fingerprint density at radius 1 is 1.25 bits per heavy atom. The first-order chi connectivity index (χ1) is 9.36. The lowest BCUT2D eigenvalue weighted by Crippen LogP contribution is -2.22. The van der Waals surface area contributed by atoms with Crippen molar-refractivity contribution in [2.24, 2.45) is 0 Å². The van der Waals surface area contributed by atoms with Crippen LogP contribution in [0.3, 0.4) is 0 Å². The summed E-state index contributed by atoms with van der Waals surface area (Å²) < 4.78 is 30.4. The Hall–Kier alpha value is -2.17. The highest BCUT2D eigenvalue weighted by Crippen LogP contribution is 2.26. The summed E-state index contributed by atoms with van der Waals surface area (Å²) in [5, 5.41) is 8.58. The van der Waals surface area contributed by atoms with Crippen LogP contribution in [0.1, 0.15) is 11.3 Å². The van der Waals surface area contributed by atoms with Crippen molar-refractivity contribution >= 4 is 10.0 Å². The average molecular weight is 291 g/mol. The summed E-state index contributed by atoms with van der Waals surface area (Å²) in [5.74, 6) is 0.113. The van der Waals surface area contributed by atoms with Gasteiger partial charge in [0.2, 0.25) is 5.89 Å². The number of hydrogen-bond donors (Lipinski definition) is 0. The Kier molecular flexibility index (Phi) is 3.61. The summed E-state index contributed by atoms with van der Waals surface area (Å²) in [4.78, 5) is 3.94. The van der Waals surface area contributed by atoms with Crippen molar-refractivity contribution in [2.75, 3.05) is 14.1 Å². The number of hydrogen-bond acceptors (Lipinski definition) is 5. The molecule has 0 saturated carbocycles. The Bertz CT molecular complexity index is 768. The molecule has 6 nitrogen and oxygen atoms in total. The standard InChI is InChI=1S/C13H13N3O3S/c1-9-4-6-10(7-5-9)12-15-11(8-14)13(19-12)20(17,18)16(2)3/h4-7H,1-3H3. The van der Waals surface area contributed by atoms with Gasteiger partial charge in [0.15, 0.2) is 5.69 Å². The molecule has 2 aromatic rings. The van der Waals surface area contributed by atoms with Crippen LogP contribution in [0.5, 0.6) is 0 Å². The first-order valence-corrected chi connectivity index (χ1v) is 7.20. The van der Waals surface area contributed by atoms with Crippen molar-refractivity contribution in [3.8, 4) is 17.5 Å². The molecule has 20 heavy (non-hydrogen) atoms. The largest absolute Gasteiger partial charge is 0.422 e. The molecular formula is C13H13N3O3S. The second-order valence-corrected chi connectivity index (χ2v) is 6.47. The van der Waals surface area contributed by atoms with Crippen LogP contribution in [-0.4, -0.2) is 31.8 Å². The Labute approximate surface area is 117 Å². The van der Waals surface area contributed by atoms with Gasteiger partial charge in [-0.1, -0.05) is 17.7 Å². The molecule has 0 bridgehead atoms. The average Bonchev–Trinajstić information content (AvgIpc) is 2.84. The molecule has 0 aliphatic carbocycles. The normalized spacial score (nSPS) is 11.6. The smallest absolute Gasteiger partial charge is 0.279 e. The molecule has 0 saturated heterocycles. The highest BCUT2D eigenvalue weighted by Gasteiger charge is 2.28. The minimum atomic E-state index is -3.83. The maximum atomic E-state index is 12.1. The van der Waals surface area contributed by atoms with Crippen LogP contribution in [0.15, 0.2) is 33.8 Å². The van der Waals surface area contributed by atoms with Crippen molar-refractivity contribution in [3.63, 3.8) is 0 Å². The molecular weight excluding hydrogens is 278 g/mol. The fourth-order valence-electron chi connectivity index (χ4n) is 1.54. The number of nitrogens with zero attached hydrogens (tertiary/aromatic N) is 3. The third-order valence-corrected chi connectivity index (χ3v) is 4.42. The molecule has 0 amide bonds. The highest BCUT2D eigenvalue weighted by atomic mass is 32.2. The van der Waals surface area contributed by atoms with Crippen molar-refractivity contribution in [1.82, 2.24) is 9.29 Å². The summed E-state index contributed by atoms with van der Waals surface area (Å²) in [5.41, 5.74) is 1.43. The van der Waals surface area contributed by atoms with Gasteiger partial charge in [-0.2, -0.15) is 10.2 Å². The lowest BCUT2D eigenvalue weighted by molar-refractivity contribution is 0.432. The molecule has 104 valence electrons. The van der Waals surface area contributed by atoms with E-state index in [1.807, 2.05) is 19.1 Å². The Balaban J connectivity index is 2.58. The van der Waals surface area contributed by atoms with Gasteiger partial charge >= 0.3 is 0 Å². The molecule has 0 unspecified atom stereocenters. The third-order valence-electron chi connectivity index (χ3n) is 2.72. The Morgan fingerprint density at radius 2 is 1.85 bits per heavy atom. The predicted molar refractivity (Wildman–Crippen MR) is 72.3 cm³/mol. The zero-order valence-electron chi connectivity index (χ0n) is 11.3. The van der Waals surface area contributed by atoms with E-state index < -0.39 is 15.1 Å². The maximum absolute atomic E-state index is 12.1. The maximum Gasteiger partial charge on any atom is 0.279 e. The second-order valence-electron chi connectivity index (χ2n) is 4.42. The molecule has 1 aromatic heterocycles. The van der Waals surface area contributed by atoms with Crippen LogP contribution in [0.25, 0.3) is 11.5 Å². The van der Waals surface area contributed by atoms with Gasteiger partial charge in [0.25, 0.3) is 15.1 Å². The van der Waals surface area contributed by atoms with E-state index in [1.165, 1.54) is 14.1 Å². The summed E-state index contributed by atoms with van der Waals surface area (Å²) in [7, 11) is -1.10. The molecule has 2 rings (SSSR count). The van der Waals surface area contributed by atoms with Crippen LogP contribution in [0, 0.1) is 18.3 Å². The Morgan fingerprint density at radius 3 is 2.35 bits per heavy atom. The van der Waals surface area contributed by atoms with E-state index in [1.54, 1.807) is 18.2 Å². The fraction of sp³-hybridized carbons (Fsp3) is 0.231. The summed E-state index contributed by atoms with van der Waals surface area (Å²) >= 11 is 0. The summed E-state index contributed by atoms with van der Waals surface area (Å²) in [6.45, 7) is 1.93. The van der Waals surface area contributed by atoms with Gasteiger partial charge in [0.05, 0.1) is 0 Å². The predicted octanol–water partition coefficient (Wildman–Crippen LogP) is 1.77. The quantitative estimate of drug-likeness (QED) is 0.860. The number of aryl methyl sites for hydroxylation is 1. The number of rotatable bonds is 3. The molecule has 1 aromatic carbocycles. The van der Waals surface area contributed by atoms with Gasteiger partial charge in [-0.3, -0.25) is 0 Å². The first-order valence-electron chi connectivity index (χ1n) is 5.76. The summed E-state index contributed by atoms with van der Waals surface area (Å²) in [6, 6.07) is 8.97. The molecule has 1 heterocycles. The van der Waals surface area contributed by atoms with E-state index in [4.69, 9.17) is 9.68 Å². The lowest BCUT2D eigenvalue weighted by atomic mass is 10.1. The van der Waals surface area contributed by atoms with E-state index in [0.29, 0.717) is 5.56 Å². The minimum Gasteiger partial charge on any atom is -0.422 e. The third kappa shape index (κ3) is 2.43. The van der Waals surface area contributed by atoms with Crippen molar-refractivity contribution in [2.45, 2.75) is 12.0 Å².